The molecule has 8 heteroatoms. The van der Waals surface area contributed by atoms with Gasteiger partial charge in [-0.3, -0.25) is 0 Å². The van der Waals surface area contributed by atoms with Crippen molar-refractivity contribution in [3.8, 4) is 0 Å². The molecule has 0 aliphatic carbocycles. The molecule has 0 spiro atoms. The van der Waals surface area contributed by atoms with Crippen molar-refractivity contribution >= 4 is 202 Å². The van der Waals surface area contributed by atoms with Crippen LogP contribution < -0.4 is 62.2 Å². The van der Waals surface area contributed by atoms with Crippen molar-refractivity contribution in [1.82, 2.24) is 0 Å². The number of para-hydroxylation sites is 6. The third-order valence-corrected chi connectivity index (χ3v) is 21.2. The number of hydrogen-bond acceptors (Lipinski definition) is 6. The highest BCUT2D eigenvalue weighted by atomic mass is 15.2. The van der Waals surface area contributed by atoms with Crippen molar-refractivity contribution in [2.24, 2.45) is 0 Å². The van der Waals surface area contributed by atoms with Gasteiger partial charge in [0.15, 0.2) is 0 Å². The third kappa shape index (κ3) is 6.50. The second kappa shape index (κ2) is 18.7. The highest BCUT2D eigenvalue weighted by molar-refractivity contribution is 7.04. The summed E-state index contributed by atoms with van der Waals surface area (Å²) in [6.07, 6.45) is 0. The Labute approximate surface area is 544 Å². The van der Waals surface area contributed by atoms with Crippen molar-refractivity contribution in [2.75, 3.05) is 29.4 Å². The Morgan fingerprint density at radius 2 is 0.351 bits per heavy atom. The summed E-state index contributed by atoms with van der Waals surface area (Å²) < 4.78 is 0. The van der Waals surface area contributed by atoms with Gasteiger partial charge in [-0.25, -0.2) is 0 Å². The molecule has 22 rings (SSSR count). The maximum atomic E-state index is 2.67. The minimum atomic E-state index is -0.187. The lowest BCUT2D eigenvalue weighted by Gasteiger charge is -2.52. The molecule has 0 unspecified atom stereocenters. The molecule has 0 radical (unpaired) electrons. The van der Waals surface area contributed by atoms with E-state index in [0.717, 1.165) is 34.1 Å². The first-order valence-corrected chi connectivity index (χ1v) is 32.7. The van der Waals surface area contributed by atoms with Gasteiger partial charge >= 0.3 is 0 Å². The van der Waals surface area contributed by atoms with E-state index in [9.17, 15) is 0 Å². The number of nitrogens with zero attached hydrogens (tertiary/aromatic N) is 6. The van der Waals surface area contributed by atoms with Crippen LogP contribution in [0.25, 0.3) is 53.9 Å². The quantitative estimate of drug-likeness (QED) is 0.153. The van der Waals surface area contributed by atoms with Gasteiger partial charge in [0.2, 0.25) is 0 Å². The van der Waals surface area contributed by atoms with Crippen LogP contribution in [0.4, 0.5) is 102 Å². The summed E-state index contributed by atoms with van der Waals surface area (Å²) in [6.45, 7) is -0.374. The van der Waals surface area contributed by atoms with Crippen LogP contribution in [-0.2, 0) is 0 Å². The topological polar surface area (TPSA) is 19.4 Å². The van der Waals surface area contributed by atoms with Gasteiger partial charge in [0.1, 0.15) is 0 Å². The van der Waals surface area contributed by atoms with E-state index < -0.39 is 0 Å². The summed E-state index contributed by atoms with van der Waals surface area (Å²) in [7, 11) is 0. The molecule has 6 aliphatic rings. The predicted molar refractivity (Wildman–Crippen MR) is 398 cm³/mol. The second-order valence-electron chi connectivity index (χ2n) is 25.8. The average Bonchev–Trinajstić information content (AvgIpc) is 0.658. The average molecular weight is 1190 g/mol. The molecule has 0 aromatic heterocycles. The largest absolute Gasteiger partial charge is 0.311 e. The Kier molecular flexibility index (Phi) is 10.0. The van der Waals surface area contributed by atoms with Crippen molar-refractivity contribution in [3.63, 3.8) is 0 Å². The molecule has 0 N–H and O–H groups in total. The molecule has 6 nitrogen and oxygen atoms in total. The maximum absolute atomic E-state index is 2.67. The lowest BCUT2D eigenvalue weighted by molar-refractivity contribution is 1.23. The summed E-state index contributed by atoms with van der Waals surface area (Å²) in [5.74, 6) is 0. The van der Waals surface area contributed by atoms with Gasteiger partial charge in [0, 0.05) is 101 Å². The number of rotatable bonds is 6. The molecule has 94 heavy (non-hydrogen) atoms. The molecule has 0 fully saturated rings. The number of fused-ring (bicyclic) bond motifs is 11. The molecular weight excluding hydrogens is 1140 g/mol. The zero-order valence-corrected chi connectivity index (χ0v) is 50.9. The number of benzene rings is 16. The molecule has 0 bridgehead atoms. The van der Waals surface area contributed by atoms with Gasteiger partial charge in [-0.15, -0.1) is 0 Å². The van der Waals surface area contributed by atoms with Gasteiger partial charge in [0.05, 0.1) is 34.1 Å². The van der Waals surface area contributed by atoms with Gasteiger partial charge in [0.25, 0.3) is 13.4 Å². The fourth-order valence-corrected chi connectivity index (χ4v) is 17.8. The van der Waals surface area contributed by atoms with E-state index in [0.29, 0.717) is 0 Å². The SMILES string of the molecule is c1ccc(N2c3cc4ccccc4c4c3B3c5c(cc6ccccc6c5N4c4ccccc4)N(c4ccccc4)c4c3c2cc2c3c5c(cc42)N(c2ccccc2)c2cc4ccccc4c4c2B5c2c(cc5ccccc5c2N4c2ccccc2)N3c2ccccc2)cc1. The van der Waals surface area contributed by atoms with Crippen molar-refractivity contribution in [3.05, 3.63) is 315 Å². The van der Waals surface area contributed by atoms with E-state index in [4.69, 9.17) is 0 Å². The first kappa shape index (κ1) is 50.5. The standard InChI is InChI=1S/C86H52B2N6/c1-7-31-57(32-8-1)89-69-47-53-27-19-23-43-63(53)81-75(69)87-77-71(49-55-29-21-25-45-65(55)83(77)93(81)61-39-15-5-16-40-61)91(59-35-11-3-12-36-59)85-68-52-74-80-86(67(68)51-73(89)79(85)87)92(60-37-13-4-14-38-60)72-50-56-30-22-26-46-66(56)84-78(72)88(80)76-70(90(74)58-33-9-2-10-34-58)48-54-28-20-24-44-64(54)82(76)94(84)62-41-17-6-18-42-62/h1-52H. The Morgan fingerprint density at radius 3 is 0.617 bits per heavy atom. The van der Waals surface area contributed by atoms with Crippen LogP contribution in [-0.4, -0.2) is 13.4 Å². The smallest absolute Gasteiger partial charge is 0.257 e. The van der Waals surface area contributed by atoms with E-state index in [-0.39, 0.29) is 13.4 Å². The molecule has 16 aromatic carbocycles. The molecule has 6 heterocycles. The van der Waals surface area contributed by atoms with Crippen LogP contribution in [0, 0.1) is 0 Å². The molecule has 0 amide bonds. The van der Waals surface area contributed by atoms with Crippen molar-refractivity contribution < 1.29 is 0 Å². The Balaban J connectivity index is 0.984. The lowest BCUT2D eigenvalue weighted by Crippen LogP contribution is -2.65. The maximum Gasteiger partial charge on any atom is 0.257 e. The second-order valence-corrected chi connectivity index (χ2v) is 25.8. The fraction of sp³-hybridized carbons (Fsp3) is 0. The highest BCUT2D eigenvalue weighted by Crippen LogP contribution is 2.60. The van der Waals surface area contributed by atoms with Gasteiger partial charge in [-0.2, -0.15) is 0 Å². The lowest BCUT2D eigenvalue weighted by atomic mass is 9.30. The number of anilines is 18. The predicted octanol–water partition coefficient (Wildman–Crippen LogP) is 19.2. The third-order valence-electron chi connectivity index (χ3n) is 21.2. The number of hydrogen-bond donors (Lipinski definition) is 0. The minimum Gasteiger partial charge on any atom is -0.311 e. The summed E-state index contributed by atoms with van der Waals surface area (Å²) in [6, 6.07) is 119. The molecule has 0 saturated carbocycles. The summed E-state index contributed by atoms with van der Waals surface area (Å²) in [4.78, 5) is 15.9. The summed E-state index contributed by atoms with van der Waals surface area (Å²) in [5.41, 5.74) is 28.8. The molecule has 16 aromatic rings. The Morgan fingerprint density at radius 1 is 0.160 bits per heavy atom. The van der Waals surface area contributed by atoms with Crippen LogP contribution in [0.1, 0.15) is 0 Å². The molecule has 6 aliphatic heterocycles. The van der Waals surface area contributed by atoms with E-state index in [1.165, 1.54) is 155 Å². The normalized spacial score (nSPS) is 14.0. The van der Waals surface area contributed by atoms with Gasteiger partial charge < -0.3 is 29.4 Å². The van der Waals surface area contributed by atoms with E-state index in [1.54, 1.807) is 0 Å². The Bertz CT molecular complexity index is 5550. The fourth-order valence-electron chi connectivity index (χ4n) is 17.8. The molecule has 0 saturated heterocycles. The zero-order valence-electron chi connectivity index (χ0n) is 50.9. The molecule has 432 valence electrons. The molecule has 0 atom stereocenters. The van der Waals surface area contributed by atoms with Crippen LogP contribution in [0.3, 0.4) is 0 Å². The van der Waals surface area contributed by atoms with Gasteiger partial charge in [-0.1, -0.05) is 206 Å². The first-order chi connectivity index (χ1) is 46.7. The zero-order chi connectivity index (χ0) is 61.0. The van der Waals surface area contributed by atoms with Crippen molar-refractivity contribution in [2.45, 2.75) is 0 Å². The van der Waals surface area contributed by atoms with Crippen LogP contribution >= 0.6 is 0 Å². The van der Waals surface area contributed by atoms with Crippen molar-refractivity contribution in [1.29, 1.82) is 0 Å². The van der Waals surface area contributed by atoms with Crippen LogP contribution in [0.2, 0.25) is 0 Å². The minimum absolute atomic E-state index is 0.187. The van der Waals surface area contributed by atoms with E-state index >= 15 is 0 Å². The molecular formula is C86H52B2N6. The monoisotopic (exact) mass is 1190 g/mol. The van der Waals surface area contributed by atoms with E-state index in [1.807, 2.05) is 0 Å². The Hall–Kier alpha value is -12.3. The summed E-state index contributed by atoms with van der Waals surface area (Å²) in [5, 5.41) is 12.0. The van der Waals surface area contributed by atoms with Gasteiger partial charge in [-0.05, 0) is 164 Å². The highest BCUT2D eigenvalue weighted by Gasteiger charge is 2.55. The van der Waals surface area contributed by atoms with Crippen LogP contribution in [0.15, 0.2) is 315 Å². The first-order valence-electron chi connectivity index (χ1n) is 32.7. The van der Waals surface area contributed by atoms with E-state index in [2.05, 4.69) is 345 Å². The van der Waals surface area contributed by atoms with Crippen LogP contribution in [0.5, 0.6) is 0 Å². The summed E-state index contributed by atoms with van der Waals surface area (Å²) >= 11 is 0.